The number of nitrogens with two attached hydrogens (primary N) is 1. The van der Waals surface area contributed by atoms with E-state index in [-0.39, 0.29) is 5.25 Å². The molecule has 0 unspecified atom stereocenters. The van der Waals surface area contributed by atoms with E-state index in [2.05, 4.69) is 4.72 Å². The fraction of sp³-hybridized carbons (Fsp3) is 0.538. The van der Waals surface area contributed by atoms with E-state index in [1.807, 2.05) is 6.92 Å². The summed E-state index contributed by atoms with van der Waals surface area (Å²) in [6.07, 6.45) is 4.55. The first-order chi connectivity index (χ1) is 8.90. The van der Waals surface area contributed by atoms with Crippen molar-refractivity contribution < 1.29 is 8.42 Å². The van der Waals surface area contributed by atoms with Gasteiger partial charge in [0.05, 0.1) is 21.6 Å². The highest BCUT2D eigenvalue weighted by Gasteiger charge is 2.27. The number of anilines is 2. The third-order valence-electron chi connectivity index (χ3n) is 3.59. The second-order valence-corrected chi connectivity index (χ2v) is 7.46. The lowest BCUT2D eigenvalue weighted by Crippen LogP contribution is -2.30. The molecular formula is C13H19ClN2O2S. The minimum atomic E-state index is -3.34. The lowest BCUT2D eigenvalue weighted by molar-refractivity contribution is 0.486. The minimum absolute atomic E-state index is 0.294. The summed E-state index contributed by atoms with van der Waals surface area (Å²) in [6.45, 7) is 1.81. The topological polar surface area (TPSA) is 72.2 Å². The molecule has 1 aliphatic carbocycles. The van der Waals surface area contributed by atoms with Crippen LogP contribution in [0.3, 0.4) is 0 Å². The van der Waals surface area contributed by atoms with Gasteiger partial charge >= 0.3 is 0 Å². The zero-order chi connectivity index (χ0) is 14.0. The molecule has 1 aliphatic rings. The lowest BCUT2D eigenvalue weighted by atomic mass is 10.0. The van der Waals surface area contributed by atoms with Gasteiger partial charge in [-0.15, -0.1) is 0 Å². The van der Waals surface area contributed by atoms with E-state index in [9.17, 15) is 8.42 Å². The van der Waals surface area contributed by atoms with Crippen LogP contribution in [0.4, 0.5) is 11.4 Å². The van der Waals surface area contributed by atoms with E-state index in [0.29, 0.717) is 16.4 Å². The van der Waals surface area contributed by atoms with Gasteiger partial charge in [0, 0.05) is 0 Å². The maximum Gasteiger partial charge on any atom is 0.235 e. The van der Waals surface area contributed by atoms with Crippen molar-refractivity contribution in [3.63, 3.8) is 0 Å². The van der Waals surface area contributed by atoms with Gasteiger partial charge in [0.2, 0.25) is 10.0 Å². The van der Waals surface area contributed by atoms with Crippen LogP contribution in [0, 0.1) is 6.92 Å². The lowest BCUT2D eigenvalue weighted by Gasteiger charge is -2.23. The number of nitrogens with one attached hydrogen (secondary N) is 1. The molecule has 19 heavy (non-hydrogen) atoms. The Bertz CT molecular complexity index is 566. The number of aryl methyl sites for hydroxylation is 1. The van der Waals surface area contributed by atoms with E-state index in [1.54, 1.807) is 12.1 Å². The molecule has 6 heteroatoms. The van der Waals surface area contributed by atoms with Crippen molar-refractivity contribution in [3.05, 3.63) is 22.7 Å². The molecule has 0 atom stereocenters. The van der Waals surface area contributed by atoms with Gasteiger partial charge in [-0.1, -0.05) is 30.9 Å². The molecule has 3 N–H and O–H groups in total. The molecule has 4 nitrogen and oxygen atoms in total. The van der Waals surface area contributed by atoms with Gasteiger partial charge in [0.25, 0.3) is 0 Å². The first-order valence-electron chi connectivity index (χ1n) is 6.47. The molecular weight excluding hydrogens is 284 g/mol. The largest absolute Gasteiger partial charge is 0.398 e. The van der Waals surface area contributed by atoms with Crippen LogP contribution in [-0.4, -0.2) is 13.7 Å². The normalized spacial score (nSPS) is 17.4. The van der Waals surface area contributed by atoms with Gasteiger partial charge in [-0.3, -0.25) is 4.72 Å². The number of rotatable bonds is 3. The van der Waals surface area contributed by atoms with Crippen LogP contribution >= 0.6 is 11.6 Å². The first kappa shape index (κ1) is 14.5. The van der Waals surface area contributed by atoms with Crippen LogP contribution < -0.4 is 10.5 Å². The highest BCUT2D eigenvalue weighted by molar-refractivity contribution is 7.93. The molecule has 0 saturated heterocycles. The van der Waals surface area contributed by atoms with E-state index in [1.165, 1.54) is 0 Å². The van der Waals surface area contributed by atoms with Crippen molar-refractivity contribution in [2.45, 2.75) is 44.3 Å². The third kappa shape index (κ3) is 3.34. The predicted octanol–water partition coefficient (Wildman–Crippen LogP) is 3.31. The van der Waals surface area contributed by atoms with Gasteiger partial charge in [-0.2, -0.15) is 0 Å². The Morgan fingerprint density at radius 1 is 1.26 bits per heavy atom. The standard InChI is InChI=1S/C13H19ClN2O2S/c1-9-7-12(15)11(14)8-13(9)16-19(17,18)10-5-3-2-4-6-10/h7-8,10,16H,2-6,15H2,1H3. The Hall–Kier alpha value is -0.940. The molecule has 106 valence electrons. The van der Waals surface area contributed by atoms with Crippen molar-refractivity contribution >= 4 is 33.0 Å². The Kier molecular flexibility index (Phi) is 4.26. The molecule has 0 aliphatic heterocycles. The van der Waals surface area contributed by atoms with Crippen LogP contribution in [0.25, 0.3) is 0 Å². The second-order valence-electron chi connectivity index (χ2n) is 5.10. The number of hydrogen-bond acceptors (Lipinski definition) is 3. The van der Waals surface area contributed by atoms with Crippen LogP contribution in [0.5, 0.6) is 0 Å². The Morgan fingerprint density at radius 3 is 2.53 bits per heavy atom. The molecule has 1 fully saturated rings. The predicted molar refractivity (Wildman–Crippen MR) is 80.0 cm³/mol. The van der Waals surface area contributed by atoms with Gasteiger partial charge < -0.3 is 5.73 Å². The summed E-state index contributed by atoms with van der Waals surface area (Å²) in [5.41, 5.74) is 7.44. The number of sulfonamides is 1. The second kappa shape index (κ2) is 5.59. The molecule has 2 rings (SSSR count). The molecule has 0 spiro atoms. The fourth-order valence-electron chi connectivity index (χ4n) is 2.43. The summed E-state index contributed by atoms with van der Waals surface area (Å²) in [7, 11) is -3.34. The maximum absolute atomic E-state index is 12.3. The Balaban J connectivity index is 2.22. The van der Waals surface area contributed by atoms with Crippen molar-refractivity contribution in [2.24, 2.45) is 0 Å². The average Bonchev–Trinajstić information content (AvgIpc) is 2.37. The van der Waals surface area contributed by atoms with Crippen LogP contribution in [0.2, 0.25) is 5.02 Å². The van der Waals surface area contributed by atoms with Crippen LogP contribution in [0.15, 0.2) is 12.1 Å². The summed E-state index contributed by atoms with van der Waals surface area (Å²) in [6, 6.07) is 3.26. The number of halogens is 1. The van der Waals surface area contributed by atoms with Crippen molar-refractivity contribution in [2.75, 3.05) is 10.5 Å². The Labute approximate surface area is 119 Å². The SMILES string of the molecule is Cc1cc(N)c(Cl)cc1NS(=O)(=O)C1CCCCC1. The first-order valence-corrected chi connectivity index (χ1v) is 8.40. The van der Waals surface area contributed by atoms with E-state index >= 15 is 0 Å². The zero-order valence-electron chi connectivity index (χ0n) is 10.9. The van der Waals surface area contributed by atoms with Crippen molar-refractivity contribution in [1.29, 1.82) is 0 Å². The number of hydrogen-bond donors (Lipinski definition) is 2. The highest BCUT2D eigenvalue weighted by Crippen LogP contribution is 2.30. The smallest absolute Gasteiger partial charge is 0.235 e. The summed E-state index contributed by atoms with van der Waals surface area (Å²) in [4.78, 5) is 0. The van der Waals surface area contributed by atoms with Gasteiger partial charge in [0.15, 0.2) is 0 Å². The molecule has 0 amide bonds. The molecule has 0 radical (unpaired) electrons. The monoisotopic (exact) mass is 302 g/mol. The summed E-state index contributed by atoms with van der Waals surface area (Å²) in [5.74, 6) is 0. The summed E-state index contributed by atoms with van der Waals surface area (Å²) >= 11 is 5.94. The van der Waals surface area contributed by atoms with Gasteiger partial charge in [-0.25, -0.2) is 8.42 Å². The molecule has 0 aromatic heterocycles. The minimum Gasteiger partial charge on any atom is -0.398 e. The zero-order valence-corrected chi connectivity index (χ0v) is 12.5. The quantitative estimate of drug-likeness (QED) is 0.841. The summed E-state index contributed by atoms with van der Waals surface area (Å²) < 4.78 is 27.3. The number of nitrogen functional groups attached to an aromatic ring is 1. The molecule has 0 bridgehead atoms. The highest BCUT2D eigenvalue weighted by atomic mass is 35.5. The van der Waals surface area contributed by atoms with Crippen molar-refractivity contribution in [1.82, 2.24) is 0 Å². The molecule has 1 saturated carbocycles. The molecule has 1 aromatic rings. The van der Waals surface area contributed by atoms with E-state index in [0.717, 1.165) is 37.7 Å². The molecule has 1 aromatic carbocycles. The van der Waals surface area contributed by atoms with Crippen LogP contribution in [0.1, 0.15) is 37.7 Å². The van der Waals surface area contributed by atoms with Crippen molar-refractivity contribution in [3.8, 4) is 0 Å². The van der Waals surface area contributed by atoms with Crippen LogP contribution in [-0.2, 0) is 10.0 Å². The van der Waals surface area contributed by atoms with Gasteiger partial charge in [0.1, 0.15) is 0 Å². The average molecular weight is 303 g/mol. The van der Waals surface area contributed by atoms with E-state index < -0.39 is 10.0 Å². The summed E-state index contributed by atoms with van der Waals surface area (Å²) in [5, 5.41) is 0.0731. The third-order valence-corrected chi connectivity index (χ3v) is 5.77. The van der Waals surface area contributed by atoms with Gasteiger partial charge in [-0.05, 0) is 37.5 Å². The van der Waals surface area contributed by atoms with E-state index in [4.69, 9.17) is 17.3 Å². The fourth-order valence-corrected chi connectivity index (χ4v) is 4.24. The maximum atomic E-state index is 12.3. The Morgan fingerprint density at radius 2 is 1.89 bits per heavy atom. The molecule has 0 heterocycles. The number of benzene rings is 1.